The van der Waals surface area contributed by atoms with Gasteiger partial charge in [0.2, 0.25) is 17.7 Å². The Labute approximate surface area is 356 Å². The first kappa shape index (κ1) is 44.0. The molecule has 3 aromatic heterocycles. The third-order valence-corrected chi connectivity index (χ3v) is 12.3. The maximum Gasteiger partial charge on any atom is 0.323 e. The van der Waals surface area contributed by atoms with Gasteiger partial charge in [0, 0.05) is 67.0 Å². The highest BCUT2D eigenvalue weighted by Gasteiger charge is 2.34. The molecule has 60 heavy (non-hydrogen) atoms. The van der Waals surface area contributed by atoms with Crippen LogP contribution in [0, 0.1) is 0 Å². The lowest BCUT2D eigenvalue weighted by Crippen LogP contribution is -2.57. The van der Waals surface area contributed by atoms with E-state index in [1.54, 1.807) is 37.5 Å². The molecule has 4 heterocycles. The maximum absolute atomic E-state index is 14.7. The van der Waals surface area contributed by atoms with Gasteiger partial charge in [-0.05, 0) is 97.3 Å². The number of nitrogens with two attached hydrogens (primary N) is 2. The molecule has 0 spiro atoms. The number of rotatable bonds is 12. The minimum atomic E-state index is -1.16. The summed E-state index contributed by atoms with van der Waals surface area (Å²) in [6, 6.07) is 15.1. The van der Waals surface area contributed by atoms with Gasteiger partial charge in [0.15, 0.2) is 0 Å². The maximum atomic E-state index is 14.7. The lowest BCUT2D eigenvalue weighted by atomic mass is 9.99. The van der Waals surface area contributed by atoms with Gasteiger partial charge in [0.05, 0.1) is 11.1 Å². The van der Waals surface area contributed by atoms with E-state index in [9.17, 15) is 29.1 Å². The molecule has 0 aliphatic carbocycles. The van der Waals surface area contributed by atoms with Crippen molar-refractivity contribution in [2.45, 2.75) is 86.2 Å². The smallest absolute Gasteiger partial charge is 0.323 e. The van der Waals surface area contributed by atoms with Crippen LogP contribution in [0.25, 0.3) is 22.0 Å². The Morgan fingerprint density at radius 1 is 0.950 bits per heavy atom. The van der Waals surface area contributed by atoms with E-state index >= 15 is 0 Å². The number of aliphatic carboxylic acids is 1. The van der Waals surface area contributed by atoms with Crippen molar-refractivity contribution < 1.29 is 24.3 Å². The van der Waals surface area contributed by atoms with Crippen LogP contribution in [0.3, 0.4) is 0 Å². The van der Waals surface area contributed by atoms with Crippen LogP contribution in [-0.2, 0) is 45.2 Å². The first-order valence-corrected chi connectivity index (χ1v) is 21.1. The number of carboxylic acids is 1. The van der Waals surface area contributed by atoms with E-state index in [4.69, 9.17) is 23.1 Å². The number of nitrogens with zero attached hydrogens (tertiary/aromatic N) is 3. The van der Waals surface area contributed by atoms with Gasteiger partial charge in [-0.3, -0.25) is 24.0 Å². The molecule has 0 unspecified atom stereocenters. The molecule has 9 N–H and O–H groups in total. The second-order valence-electron chi connectivity index (χ2n) is 14.7. The molecule has 15 nitrogen and oxygen atoms in total. The summed E-state index contributed by atoms with van der Waals surface area (Å²) in [4.78, 5) is 78.0. The summed E-state index contributed by atoms with van der Waals surface area (Å²) in [6.07, 6.45) is 7.50. The van der Waals surface area contributed by atoms with Crippen LogP contribution < -0.4 is 33.0 Å². The number of hydrogen-bond donors (Lipinski definition) is 7. The summed E-state index contributed by atoms with van der Waals surface area (Å²) in [6.45, 7) is 0.435. The molecule has 316 valence electrons. The summed E-state index contributed by atoms with van der Waals surface area (Å²) in [5.41, 5.74) is 15.3. The first-order valence-electron chi connectivity index (χ1n) is 19.9. The largest absolute Gasteiger partial charge is 0.480 e. The normalized spacial score (nSPS) is 18.0. The Balaban J connectivity index is 1.49. The summed E-state index contributed by atoms with van der Waals surface area (Å²) < 4.78 is 1.09. The Bertz CT molecular complexity index is 2400. The summed E-state index contributed by atoms with van der Waals surface area (Å²) in [5.74, 6) is -2.43. The zero-order chi connectivity index (χ0) is 42.8. The number of aromatic nitrogens is 3. The number of unbranched alkanes of at least 4 members (excludes halogenated alkanes) is 1. The lowest BCUT2D eigenvalue weighted by molar-refractivity contribution is -0.142. The topological polar surface area (TPSA) is 231 Å². The summed E-state index contributed by atoms with van der Waals surface area (Å²) in [5, 5.41) is 20.7. The molecule has 3 atom stereocenters. The highest BCUT2D eigenvalue weighted by atomic mass is 35.5. The van der Waals surface area contributed by atoms with Crippen molar-refractivity contribution in [3.63, 3.8) is 0 Å². The summed E-state index contributed by atoms with van der Waals surface area (Å²) >= 11 is 8.27. The van der Waals surface area contributed by atoms with Crippen LogP contribution in [-0.4, -0.2) is 86.5 Å². The lowest BCUT2D eigenvalue weighted by Gasteiger charge is -2.32. The van der Waals surface area contributed by atoms with Crippen LogP contribution in [0.5, 0.6) is 0 Å². The molecule has 1 aliphatic rings. The number of fused-ring (bicyclic) bond motifs is 3. The SMILES string of the molecule is CN1C(=O)[C@H](CCCCN)NC(=O)[C@H](CCCN)NCc2cccnc2Sc2c(Cl)ccc(-c3ccn(CC(=O)O)c(=O)c3)c2CNC(=O)[C@@H]1Cc1c[nH]c2ccccc12. The number of para-hydroxylation sites is 1. The van der Waals surface area contributed by atoms with Crippen LogP contribution in [0.1, 0.15) is 48.8 Å². The van der Waals surface area contributed by atoms with Gasteiger partial charge in [0.25, 0.3) is 5.56 Å². The molecule has 0 saturated heterocycles. The molecular formula is C43H50ClN9O6S. The number of likely N-dealkylation sites (N-methyl/N-ethyl adjacent to an activating group) is 1. The minimum absolute atomic E-state index is 0.0695. The van der Waals surface area contributed by atoms with E-state index in [2.05, 4.69) is 25.9 Å². The highest BCUT2D eigenvalue weighted by Crippen LogP contribution is 2.41. The van der Waals surface area contributed by atoms with Crippen molar-refractivity contribution >= 4 is 58.0 Å². The van der Waals surface area contributed by atoms with E-state index in [0.717, 1.165) is 26.6 Å². The average molecular weight is 856 g/mol. The quantitative estimate of drug-likeness (QED) is 0.0893. The zero-order valence-electron chi connectivity index (χ0n) is 33.3. The number of halogens is 1. The number of benzene rings is 2. The van der Waals surface area contributed by atoms with Crippen molar-refractivity contribution in [1.82, 2.24) is 35.4 Å². The van der Waals surface area contributed by atoms with E-state index < -0.39 is 48.0 Å². The van der Waals surface area contributed by atoms with Gasteiger partial charge >= 0.3 is 5.97 Å². The fraction of sp³-hybridized carbons (Fsp3) is 0.349. The van der Waals surface area contributed by atoms with Gasteiger partial charge in [0.1, 0.15) is 23.7 Å². The van der Waals surface area contributed by atoms with Crippen molar-refractivity contribution in [1.29, 1.82) is 0 Å². The predicted octanol–water partition coefficient (Wildman–Crippen LogP) is 3.79. The molecule has 0 bridgehead atoms. The van der Waals surface area contributed by atoms with Crippen molar-refractivity contribution in [2.75, 3.05) is 20.1 Å². The van der Waals surface area contributed by atoms with E-state index in [-0.39, 0.29) is 25.4 Å². The third kappa shape index (κ3) is 10.6. The molecule has 0 saturated carbocycles. The van der Waals surface area contributed by atoms with Gasteiger partial charge in [-0.2, -0.15) is 0 Å². The van der Waals surface area contributed by atoms with Gasteiger partial charge in [-0.1, -0.05) is 53.7 Å². The Hall–Kier alpha value is -5.52. The average Bonchev–Trinajstić information content (AvgIpc) is 3.65. The fourth-order valence-electron chi connectivity index (χ4n) is 7.36. The number of carboxylic acid groups (broad SMARTS) is 1. The van der Waals surface area contributed by atoms with Gasteiger partial charge in [-0.15, -0.1) is 0 Å². The molecule has 1 aliphatic heterocycles. The number of aromatic amines is 1. The van der Waals surface area contributed by atoms with Crippen molar-refractivity contribution in [2.24, 2.45) is 11.5 Å². The molecule has 5 aromatic rings. The van der Waals surface area contributed by atoms with Crippen LogP contribution in [0.2, 0.25) is 5.02 Å². The summed E-state index contributed by atoms with van der Waals surface area (Å²) in [7, 11) is 1.57. The number of H-pyrrole nitrogens is 1. The Morgan fingerprint density at radius 3 is 2.50 bits per heavy atom. The number of hydrogen-bond acceptors (Lipinski definition) is 10. The fourth-order valence-corrected chi connectivity index (χ4v) is 8.71. The Morgan fingerprint density at radius 2 is 1.73 bits per heavy atom. The molecule has 0 fully saturated rings. The Kier molecular flexibility index (Phi) is 15.1. The van der Waals surface area contributed by atoms with Crippen LogP contribution in [0.4, 0.5) is 0 Å². The van der Waals surface area contributed by atoms with Crippen molar-refractivity contribution in [3.05, 3.63) is 111 Å². The number of amides is 3. The zero-order valence-corrected chi connectivity index (χ0v) is 34.9. The van der Waals surface area contributed by atoms with Gasteiger partial charge < -0.3 is 47.0 Å². The van der Waals surface area contributed by atoms with Gasteiger partial charge in [-0.25, -0.2) is 4.98 Å². The van der Waals surface area contributed by atoms with E-state index in [1.165, 1.54) is 28.9 Å². The monoisotopic (exact) mass is 855 g/mol. The molecule has 2 aromatic carbocycles. The molecular weight excluding hydrogens is 806 g/mol. The third-order valence-electron chi connectivity index (χ3n) is 10.6. The minimum Gasteiger partial charge on any atom is -0.480 e. The number of pyridine rings is 2. The van der Waals surface area contributed by atoms with Crippen LogP contribution >= 0.6 is 23.4 Å². The molecule has 6 rings (SSSR count). The second kappa shape index (κ2) is 20.6. The second-order valence-corrected chi connectivity index (χ2v) is 16.1. The standard InChI is InChI=1S/C43H50ClN9O6S/c1-52-36(20-28-23-48-33-10-3-2-9-30(28)33)41(58)50-24-31-29(26-15-19-53(25-38(55)56)37(54)21-26)13-14-32(44)39(31)60-42-27(8-7-18-47-42)22-49-34(12-6-17-46)40(57)51-35(43(52)59)11-4-5-16-45/h2-3,7-10,13-15,18-19,21,23,34-36,48-49H,4-6,11-12,16-17,20,22,24-25,45-46H2,1H3,(H,50,58)(H,51,57)(H,55,56)/t34-,35-,36-/m0/s1. The van der Waals surface area contributed by atoms with E-state index in [1.807, 2.05) is 36.5 Å². The molecule has 3 amide bonds. The van der Waals surface area contributed by atoms with Crippen molar-refractivity contribution in [3.8, 4) is 11.1 Å². The number of nitrogens with one attached hydrogen (secondary N) is 4. The van der Waals surface area contributed by atoms with E-state index in [0.29, 0.717) is 76.8 Å². The first-order chi connectivity index (χ1) is 29.0. The predicted molar refractivity (Wildman–Crippen MR) is 231 cm³/mol. The van der Waals surface area contributed by atoms with Crippen LogP contribution in [0.15, 0.2) is 94.0 Å². The molecule has 0 radical (unpaired) electrons. The highest BCUT2D eigenvalue weighted by molar-refractivity contribution is 7.99. The number of carbonyl (C=O) groups excluding carboxylic acids is 3. The molecule has 17 heteroatoms. The number of carbonyl (C=O) groups is 4.